The van der Waals surface area contributed by atoms with Crippen LogP contribution in [0.1, 0.15) is 49.3 Å². The lowest BCUT2D eigenvalue weighted by Gasteiger charge is -2.25. The van der Waals surface area contributed by atoms with Gasteiger partial charge in [0.05, 0.1) is 37.6 Å². The second-order valence-corrected chi connectivity index (χ2v) is 9.03. The number of ether oxygens (including phenoxy) is 3. The van der Waals surface area contributed by atoms with Crippen LogP contribution in [0.25, 0.3) is 5.76 Å². The van der Waals surface area contributed by atoms with E-state index in [1.54, 1.807) is 42.5 Å². The SMILES string of the molecule is CCOc1ccc(C2/C(=C(/O)c3ccc4c(c3)CC(C)O4)C(=O)C(=O)N2Cc2ccco2)cc1OCC. The maximum absolute atomic E-state index is 13.4. The highest BCUT2D eigenvalue weighted by Gasteiger charge is 2.46. The van der Waals surface area contributed by atoms with Crippen molar-refractivity contribution in [3.05, 3.63) is 82.8 Å². The van der Waals surface area contributed by atoms with Crippen molar-refractivity contribution in [2.45, 2.75) is 45.9 Å². The second kappa shape index (κ2) is 10.0. The summed E-state index contributed by atoms with van der Waals surface area (Å²) in [7, 11) is 0. The highest BCUT2D eigenvalue weighted by molar-refractivity contribution is 6.46. The number of ketones is 1. The molecule has 2 aromatic carbocycles. The molecule has 0 saturated carbocycles. The van der Waals surface area contributed by atoms with Gasteiger partial charge in [0.1, 0.15) is 23.4 Å². The molecule has 3 aromatic rings. The third-order valence-electron chi connectivity index (χ3n) is 6.50. The molecule has 3 heterocycles. The van der Waals surface area contributed by atoms with Crippen molar-refractivity contribution in [1.29, 1.82) is 0 Å². The van der Waals surface area contributed by atoms with E-state index in [9.17, 15) is 14.7 Å². The Labute approximate surface area is 215 Å². The molecule has 2 unspecified atom stereocenters. The van der Waals surface area contributed by atoms with Gasteiger partial charge in [0.25, 0.3) is 11.7 Å². The number of aliphatic hydroxyl groups is 1. The van der Waals surface area contributed by atoms with Crippen molar-refractivity contribution in [3.63, 3.8) is 0 Å². The molecule has 8 heteroatoms. The molecule has 0 aliphatic carbocycles. The Morgan fingerprint density at radius 1 is 1.05 bits per heavy atom. The summed E-state index contributed by atoms with van der Waals surface area (Å²) in [6.07, 6.45) is 2.24. The largest absolute Gasteiger partial charge is 0.507 e. The van der Waals surface area contributed by atoms with E-state index in [-0.39, 0.29) is 24.0 Å². The number of rotatable bonds is 8. The first-order valence-electron chi connectivity index (χ1n) is 12.4. The minimum atomic E-state index is -0.858. The molecule has 2 atom stereocenters. The highest BCUT2D eigenvalue weighted by Crippen LogP contribution is 2.43. The molecule has 1 saturated heterocycles. The van der Waals surface area contributed by atoms with E-state index in [0.29, 0.717) is 48.0 Å². The monoisotopic (exact) mass is 503 g/mol. The fraction of sp³-hybridized carbons (Fsp3) is 0.310. The summed E-state index contributed by atoms with van der Waals surface area (Å²) in [5.74, 6) is 0.620. The molecule has 192 valence electrons. The first-order chi connectivity index (χ1) is 17.9. The smallest absolute Gasteiger partial charge is 0.296 e. The van der Waals surface area contributed by atoms with Gasteiger partial charge in [-0.3, -0.25) is 9.59 Å². The number of likely N-dealkylation sites (tertiary alicyclic amines) is 1. The average Bonchev–Trinajstić information content (AvgIpc) is 3.59. The number of furan rings is 1. The quantitative estimate of drug-likeness (QED) is 0.262. The van der Waals surface area contributed by atoms with Crippen LogP contribution in [0.5, 0.6) is 17.2 Å². The molecule has 0 spiro atoms. The van der Waals surface area contributed by atoms with Gasteiger partial charge in [-0.2, -0.15) is 0 Å². The fourth-order valence-electron chi connectivity index (χ4n) is 4.92. The van der Waals surface area contributed by atoms with Gasteiger partial charge in [-0.05, 0) is 74.4 Å². The molecule has 5 rings (SSSR count). The number of carbonyl (C=O) groups is 2. The zero-order valence-electron chi connectivity index (χ0n) is 21.0. The molecule has 1 aromatic heterocycles. The predicted octanol–water partition coefficient (Wildman–Crippen LogP) is 5.02. The first kappa shape index (κ1) is 24.5. The molecule has 1 fully saturated rings. The van der Waals surface area contributed by atoms with Crippen molar-refractivity contribution in [3.8, 4) is 17.2 Å². The highest BCUT2D eigenvalue weighted by atomic mass is 16.5. The first-order valence-corrected chi connectivity index (χ1v) is 12.4. The number of Topliss-reactive ketones (excluding diaryl/α,β-unsaturated/α-hetero) is 1. The van der Waals surface area contributed by atoms with Crippen molar-refractivity contribution in [1.82, 2.24) is 4.90 Å². The van der Waals surface area contributed by atoms with Crippen molar-refractivity contribution in [2.24, 2.45) is 0 Å². The topological polar surface area (TPSA) is 98.4 Å². The number of hydrogen-bond acceptors (Lipinski definition) is 7. The zero-order valence-corrected chi connectivity index (χ0v) is 21.0. The van der Waals surface area contributed by atoms with Crippen molar-refractivity contribution < 1.29 is 33.3 Å². The molecule has 2 aliphatic rings. The Morgan fingerprint density at radius 2 is 1.84 bits per heavy atom. The lowest BCUT2D eigenvalue weighted by molar-refractivity contribution is -0.140. The van der Waals surface area contributed by atoms with Gasteiger partial charge in [0.15, 0.2) is 11.5 Å². The van der Waals surface area contributed by atoms with E-state index in [4.69, 9.17) is 18.6 Å². The summed E-state index contributed by atoms with van der Waals surface area (Å²) in [5, 5.41) is 11.5. The second-order valence-electron chi connectivity index (χ2n) is 9.03. The molecule has 8 nitrogen and oxygen atoms in total. The van der Waals surface area contributed by atoms with E-state index >= 15 is 0 Å². The molecule has 0 radical (unpaired) electrons. The third kappa shape index (κ3) is 4.55. The fourth-order valence-corrected chi connectivity index (χ4v) is 4.92. The molecular formula is C29H29NO7. The van der Waals surface area contributed by atoms with Crippen LogP contribution in [0.3, 0.4) is 0 Å². The molecule has 1 N–H and O–H groups in total. The summed E-state index contributed by atoms with van der Waals surface area (Å²) in [6, 6.07) is 13.2. The summed E-state index contributed by atoms with van der Waals surface area (Å²) < 4.78 is 22.7. The van der Waals surface area contributed by atoms with Crippen molar-refractivity contribution in [2.75, 3.05) is 13.2 Å². The summed E-state index contributed by atoms with van der Waals surface area (Å²) >= 11 is 0. The van der Waals surface area contributed by atoms with Gasteiger partial charge in [-0.15, -0.1) is 0 Å². The Kier molecular flexibility index (Phi) is 6.65. The van der Waals surface area contributed by atoms with Gasteiger partial charge in [0.2, 0.25) is 0 Å². The molecule has 37 heavy (non-hydrogen) atoms. The molecular weight excluding hydrogens is 474 g/mol. The number of amides is 1. The van der Waals surface area contributed by atoms with Gasteiger partial charge in [-0.25, -0.2) is 0 Å². The number of fused-ring (bicyclic) bond motifs is 1. The van der Waals surface area contributed by atoms with Crippen LogP contribution in [0.2, 0.25) is 0 Å². The molecule has 2 aliphatic heterocycles. The van der Waals surface area contributed by atoms with Gasteiger partial charge in [0, 0.05) is 12.0 Å². The van der Waals surface area contributed by atoms with Crippen LogP contribution in [-0.2, 0) is 22.6 Å². The zero-order chi connectivity index (χ0) is 26.1. The van der Waals surface area contributed by atoms with Crippen LogP contribution >= 0.6 is 0 Å². The van der Waals surface area contributed by atoms with E-state index in [2.05, 4.69) is 0 Å². The maximum Gasteiger partial charge on any atom is 0.296 e. The number of hydrogen-bond donors (Lipinski definition) is 1. The van der Waals surface area contributed by atoms with Gasteiger partial charge >= 0.3 is 0 Å². The predicted molar refractivity (Wildman–Crippen MR) is 136 cm³/mol. The van der Waals surface area contributed by atoms with Crippen LogP contribution in [-0.4, -0.2) is 41.0 Å². The Morgan fingerprint density at radius 3 is 2.57 bits per heavy atom. The Bertz CT molecular complexity index is 1360. The average molecular weight is 504 g/mol. The Hall–Kier alpha value is -4.20. The lowest BCUT2D eigenvalue weighted by Crippen LogP contribution is -2.29. The minimum absolute atomic E-state index is 0.00933. The maximum atomic E-state index is 13.4. The van der Waals surface area contributed by atoms with Crippen LogP contribution in [0, 0.1) is 0 Å². The summed E-state index contributed by atoms with van der Waals surface area (Å²) in [4.78, 5) is 28.1. The van der Waals surface area contributed by atoms with Gasteiger partial charge < -0.3 is 28.6 Å². The normalized spacial score (nSPS) is 20.1. The summed E-state index contributed by atoms with van der Waals surface area (Å²) in [5.41, 5.74) is 2.01. The van der Waals surface area contributed by atoms with E-state index in [0.717, 1.165) is 11.3 Å². The van der Waals surface area contributed by atoms with Crippen LogP contribution < -0.4 is 14.2 Å². The van der Waals surface area contributed by atoms with Crippen molar-refractivity contribution >= 4 is 17.4 Å². The van der Waals surface area contributed by atoms with Crippen LogP contribution in [0.4, 0.5) is 0 Å². The number of aliphatic hydroxyl groups excluding tert-OH is 1. The lowest BCUT2D eigenvalue weighted by atomic mass is 9.94. The molecule has 0 bridgehead atoms. The number of carbonyl (C=O) groups excluding carboxylic acids is 2. The molecule has 1 amide bonds. The number of benzene rings is 2. The standard InChI is InChI=1S/C29H29NO7/c1-4-34-23-11-8-18(15-24(23)35-5-2)26-25(28(32)29(33)30(26)16-21-7-6-12-36-21)27(31)19-9-10-22-20(14-19)13-17(3)37-22/h6-12,14-15,17,26,31H,4-5,13,16H2,1-3H3/b27-25-. The Balaban J connectivity index is 1.64. The van der Waals surface area contributed by atoms with E-state index < -0.39 is 17.7 Å². The minimum Gasteiger partial charge on any atom is -0.507 e. The summed E-state index contributed by atoms with van der Waals surface area (Å²) in [6.45, 7) is 6.64. The third-order valence-corrected chi connectivity index (χ3v) is 6.50. The van der Waals surface area contributed by atoms with Crippen LogP contribution in [0.15, 0.2) is 64.8 Å². The van der Waals surface area contributed by atoms with E-state index in [1.165, 1.54) is 11.2 Å². The number of nitrogens with zero attached hydrogens (tertiary/aromatic N) is 1. The van der Waals surface area contributed by atoms with Gasteiger partial charge in [-0.1, -0.05) is 6.07 Å². The van der Waals surface area contributed by atoms with E-state index in [1.807, 2.05) is 26.8 Å².